The molecule has 0 aromatic heterocycles. The third-order valence-electron chi connectivity index (χ3n) is 1.92. The number of nitrogens with one attached hydrogen (secondary N) is 1. The van der Waals surface area contributed by atoms with Crippen LogP contribution in [0.15, 0.2) is 4.99 Å². The zero-order valence-corrected chi connectivity index (χ0v) is 10.7. The SMILES string of the molecule is CC(C)CNC(N)=NCC(=O)N(C)CC(F)(F)F. The van der Waals surface area contributed by atoms with Crippen molar-refractivity contribution in [2.24, 2.45) is 16.6 Å². The van der Waals surface area contributed by atoms with E-state index < -0.39 is 25.2 Å². The number of halogens is 3. The van der Waals surface area contributed by atoms with Gasteiger partial charge in [0.05, 0.1) is 0 Å². The second kappa shape index (κ2) is 7.07. The van der Waals surface area contributed by atoms with E-state index in [1.54, 1.807) is 0 Å². The average molecular weight is 268 g/mol. The second-order valence-corrected chi connectivity index (χ2v) is 4.34. The highest BCUT2D eigenvalue weighted by atomic mass is 19.4. The van der Waals surface area contributed by atoms with Crippen LogP contribution in [0.25, 0.3) is 0 Å². The van der Waals surface area contributed by atoms with E-state index in [-0.39, 0.29) is 5.96 Å². The van der Waals surface area contributed by atoms with Gasteiger partial charge >= 0.3 is 6.18 Å². The van der Waals surface area contributed by atoms with Crippen molar-refractivity contribution in [3.8, 4) is 0 Å². The maximum absolute atomic E-state index is 12.0. The summed E-state index contributed by atoms with van der Waals surface area (Å²) >= 11 is 0. The predicted octanol–water partition coefficient (Wildman–Crippen LogP) is 0.567. The summed E-state index contributed by atoms with van der Waals surface area (Å²) in [6.07, 6.45) is -4.41. The fourth-order valence-electron chi connectivity index (χ4n) is 0.995. The number of hydrogen-bond donors (Lipinski definition) is 2. The van der Waals surface area contributed by atoms with E-state index >= 15 is 0 Å². The molecule has 18 heavy (non-hydrogen) atoms. The van der Waals surface area contributed by atoms with E-state index in [0.717, 1.165) is 7.05 Å². The van der Waals surface area contributed by atoms with Gasteiger partial charge in [-0.3, -0.25) is 4.79 Å². The van der Waals surface area contributed by atoms with Crippen molar-refractivity contribution in [1.82, 2.24) is 10.2 Å². The fourth-order valence-corrected chi connectivity index (χ4v) is 0.995. The van der Waals surface area contributed by atoms with Crippen molar-refractivity contribution in [2.75, 3.05) is 26.7 Å². The molecule has 8 heteroatoms. The topological polar surface area (TPSA) is 70.7 Å². The minimum atomic E-state index is -4.41. The van der Waals surface area contributed by atoms with Gasteiger partial charge in [-0.05, 0) is 5.92 Å². The molecule has 0 bridgehead atoms. The van der Waals surface area contributed by atoms with Gasteiger partial charge in [-0.2, -0.15) is 13.2 Å². The number of nitrogens with two attached hydrogens (primary N) is 1. The van der Waals surface area contributed by atoms with Gasteiger partial charge < -0.3 is 16.0 Å². The zero-order chi connectivity index (χ0) is 14.3. The number of hydrogen-bond acceptors (Lipinski definition) is 2. The lowest BCUT2D eigenvalue weighted by Gasteiger charge is -2.18. The normalized spacial score (nSPS) is 12.7. The van der Waals surface area contributed by atoms with Crippen molar-refractivity contribution >= 4 is 11.9 Å². The Bertz CT molecular complexity index is 302. The van der Waals surface area contributed by atoms with E-state index in [1.165, 1.54) is 0 Å². The van der Waals surface area contributed by atoms with Crippen LogP contribution in [0, 0.1) is 5.92 Å². The number of likely N-dealkylation sites (N-methyl/N-ethyl adjacent to an activating group) is 1. The van der Waals surface area contributed by atoms with Gasteiger partial charge in [-0.25, -0.2) is 4.99 Å². The van der Waals surface area contributed by atoms with Gasteiger partial charge in [0.1, 0.15) is 13.1 Å². The van der Waals surface area contributed by atoms with Gasteiger partial charge in [0.2, 0.25) is 5.91 Å². The molecule has 0 radical (unpaired) electrons. The van der Waals surface area contributed by atoms with Crippen LogP contribution >= 0.6 is 0 Å². The summed E-state index contributed by atoms with van der Waals surface area (Å²) in [5, 5.41) is 2.76. The van der Waals surface area contributed by atoms with E-state index in [2.05, 4.69) is 10.3 Å². The zero-order valence-electron chi connectivity index (χ0n) is 10.7. The minimum absolute atomic E-state index is 0.0532. The summed E-state index contributed by atoms with van der Waals surface area (Å²) in [4.78, 5) is 15.5. The van der Waals surface area contributed by atoms with Crippen LogP contribution in [0.1, 0.15) is 13.8 Å². The van der Waals surface area contributed by atoms with E-state index in [0.29, 0.717) is 17.4 Å². The number of amides is 1. The number of rotatable bonds is 5. The molecule has 0 heterocycles. The van der Waals surface area contributed by atoms with Crippen LogP contribution in [-0.2, 0) is 4.79 Å². The molecule has 3 N–H and O–H groups in total. The lowest BCUT2D eigenvalue weighted by atomic mass is 10.2. The highest BCUT2D eigenvalue weighted by Gasteiger charge is 2.30. The summed E-state index contributed by atoms with van der Waals surface area (Å²) in [5.74, 6) is -0.332. The van der Waals surface area contributed by atoms with Crippen LogP contribution in [0.4, 0.5) is 13.2 Å². The Balaban J connectivity index is 4.12. The van der Waals surface area contributed by atoms with Gasteiger partial charge in [-0.1, -0.05) is 13.8 Å². The summed E-state index contributed by atoms with van der Waals surface area (Å²) in [6, 6.07) is 0. The molecule has 0 aromatic rings. The summed E-state index contributed by atoms with van der Waals surface area (Å²) in [7, 11) is 1.07. The lowest BCUT2D eigenvalue weighted by molar-refractivity contribution is -0.157. The van der Waals surface area contributed by atoms with Crippen LogP contribution in [0.2, 0.25) is 0 Å². The summed E-state index contributed by atoms with van der Waals surface area (Å²) < 4.78 is 36.0. The number of carbonyl (C=O) groups excluding carboxylic acids is 1. The third-order valence-corrected chi connectivity index (χ3v) is 1.92. The maximum Gasteiger partial charge on any atom is 0.406 e. The van der Waals surface area contributed by atoms with Gasteiger partial charge in [0.15, 0.2) is 5.96 Å². The Labute approximate surface area is 104 Å². The van der Waals surface area contributed by atoms with Crippen LogP contribution < -0.4 is 11.1 Å². The highest BCUT2D eigenvalue weighted by Crippen LogP contribution is 2.15. The highest BCUT2D eigenvalue weighted by molar-refractivity contribution is 5.83. The fraction of sp³-hybridized carbons (Fsp3) is 0.800. The Kier molecular flexibility index (Phi) is 6.50. The first-order valence-corrected chi connectivity index (χ1v) is 5.46. The van der Waals surface area contributed by atoms with Gasteiger partial charge in [0.25, 0.3) is 0 Å². The van der Waals surface area contributed by atoms with Crippen molar-refractivity contribution in [3.05, 3.63) is 0 Å². The molecule has 0 rings (SSSR count). The summed E-state index contributed by atoms with van der Waals surface area (Å²) in [5.41, 5.74) is 5.44. The van der Waals surface area contributed by atoms with Crippen molar-refractivity contribution < 1.29 is 18.0 Å². The molecule has 0 aliphatic rings. The number of carbonyl (C=O) groups is 1. The van der Waals surface area contributed by atoms with Crippen molar-refractivity contribution in [3.63, 3.8) is 0 Å². The van der Waals surface area contributed by atoms with E-state index in [1.807, 2.05) is 13.8 Å². The quantitative estimate of drug-likeness (QED) is 0.565. The number of alkyl halides is 3. The van der Waals surface area contributed by atoms with Crippen molar-refractivity contribution in [1.29, 1.82) is 0 Å². The van der Waals surface area contributed by atoms with Crippen LogP contribution in [-0.4, -0.2) is 49.6 Å². The van der Waals surface area contributed by atoms with Gasteiger partial charge in [0, 0.05) is 13.6 Å². The number of nitrogens with zero attached hydrogens (tertiary/aromatic N) is 2. The third kappa shape index (κ3) is 8.66. The predicted molar refractivity (Wildman–Crippen MR) is 63.0 cm³/mol. The molecule has 106 valence electrons. The first kappa shape index (κ1) is 16.5. The molecule has 0 atom stereocenters. The molecular formula is C10H19F3N4O. The average Bonchev–Trinajstić information content (AvgIpc) is 2.20. The minimum Gasteiger partial charge on any atom is -0.370 e. The van der Waals surface area contributed by atoms with E-state index in [4.69, 9.17) is 5.73 Å². The standard InChI is InChI=1S/C10H19F3N4O/c1-7(2)4-15-9(14)16-5-8(18)17(3)6-10(11,12)13/h7H,4-6H2,1-3H3,(H3,14,15,16). The second-order valence-electron chi connectivity index (χ2n) is 4.34. The number of guanidine groups is 1. The van der Waals surface area contributed by atoms with Crippen molar-refractivity contribution in [2.45, 2.75) is 20.0 Å². The molecule has 0 aliphatic carbocycles. The molecule has 0 saturated carbocycles. The van der Waals surface area contributed by atoms with E-state index in [9.17, 15) is 18.0 Å². The Morgan fingerprint density at radius 2 is 2.00 bits per heavy atom. The van der Waals surface area contributed by atoms with Crippen LogP contribution in [0.5, 0.6) is 0 Å². The molecule has 1 amide bonds. The largest absolute Gasteiger partial charge is 0.406 e. The number of aliphatic imine (C=N–C) groups is 1. The van der Waals surface area contributed by atoms with Crippen LogP contribution in [0.3, 0.4) is 0 Å². The lowest BCUT2D eigenvalue weighted by Crippen LogP contribution is -2.39. The Hall–Kier alpha value is -1.47. The molecule has 0 fully saturated rings. The Morgan fingerprint density at radius 3 is 2.44 bits per heavy atom. The maximum atomic E-state index is 12.0. The first-order valence-electron chi connectivity index (χ1n) is 5.46. The first-order chi connectivity index (χ1) is 8.11. The molecule has 0 aliphatic heterocycles. The summed E-state index contributed by atoms with van der Waals surface area (Å²) in [6.45, 7) is 2.82. The molecule has 5 nitrogen and oxygen atoms in total. The monoisotopic (exact) mass is 268 g/mol. The molecule has 0 unspecified atom stereocenters. The Morgan fingerprint density at radius 1 is 1.44 bits per heavy atom. The molecule has 0 saturated heterocycles. The molecule has 0 aromatic carbocycles. The molecule has 0 spiro atoms. The smallest absolute Gasteiger partial charge is 0.370 e. The van der Waals surface area contributed by atoms with Gasteiger partial charge in [-0.15, -0.1) is 0 Å². The molecular weight excluding hydrogens is 249 g/mol.